The monoisotopic (exact) mass is 269 g/mol. The number of thiazole rings is 1. The molecule has 2 N–H and O–H groups in total. The van der Waals surface area contributed by atoms with Gasteiger partial charge in [-0.1, -0.05) is 0 Å². The molecule has 0 aliphatic heterocycles. The van der Waals surface area contributed by atoms with Crippen molar-refractivity contribution < 1.29 is 0 Å². The molecule has 0 saturated heterocycles. The molecule has 0 bridgehead atoms. The Morgan fingerprint density at radius 3 is 2.79 bits per heavy atom. The predicted octanol–water partition coefficient (Wildman–Crippen LogP) is 2.86. The first kappa shape index (κ1) is 9.61. The molecule has 14 heavy (non-hydrogen) atoms. The van der Waals surface area contributed by atoms with E-state index >= 15 is 0 Å². The Morgan fingerprint density at radius 1 is 1.43 bits per heavy atom. The zero-order valence-corrected chi connectivity index (χ0v) is 9.89. The zero-order chi connectivity index (χ0) is 10.1. The summed E-state index contributed by atoms with van der Waals surface area (Å²) in [6.45, 7) is 2.02. The van der Waals surface area contributed by atoms with Crippen LogP contribution in [0.3, 0.4) is 0 Å². The summed E-state index contributed by atoms with van der Waals surface area (Å²) < 4.78 is 0.736. The topological polar surface area (TPSA) is 51.8 Å². The van der Waals surface area contributed by atoms with E-state index in [1.54, 1.807) is 17.4 Å². The van der Waals surface area contributed by atoms with Crippen molar-refractivity contribution in [1.29, 1.82) is 0 Å². The lowest BCUT2D eigenvalue weighted by Crippen LogP contribution is -1.89. The van der Waals surface area contributed by atoms with E-state index in [4.69, 9.17) is 5.73 Å². The Morgan fingerprint density at radius 2 is 2.21 bits per heavy atom. The van der Waals surface area contributed by atoms with Gasteiger partial charge < -0.3 is 5.73 Å². The van der Waals surface area contributed by atoms with Crippen molar-refractivity contribution in [2.24, 2.45) is 0 Å². The molecule has 0 aliphatic carbocycles. The fourth-order valence-electron chi connectivity index (χ4n) is 1.10. The van der Waals surface area contributed by atoms with E-state index in [9.17, 15) is 0 Å². The molecule has 72 valence electrons. The average molecular weight is 270 g/mol. The van der Waals surface area contributed by atoms with Gasteiger partial charge in [0.2, 0.25) is 0 Å². The fourth-order valence-corrected chi connectivity index (χ4v) is 2.28. The van der Waals surface area contributed by atoms with Crippen LogP contribution < -0.4 is 5.73 Å². The minimum atomic E-state index is 0.690. The smallest absolute Gasteiger partial charge is 0.142 e. The van der Waals surface area contributed by atoms with Gasteiger partial charge in [-0.15, -0.1) is 11.3 Å². The van der Waals surface area contributed by atoms with E-state index in [0.717, 1.165) is 15.3 Å². The normalized spacial score (nSPS) is 10.4. The maximum atomic E-state index is 5.71. The highest BCUT2D eigenvalue weighted by Crippen LogP contribution is 2.26. The van der Waals surface area contributed by atoms with Gasteiger partial charge in [-0.25, -0.2) is 9.97 Å². The largest absolute Gasteiger partial charge is 0.399 e. The lowest BCUT2D eigenvalue weighted by atomic mass is 10.3. The summed E-state index contributed by atoms with van der Waals surface area (Å²) in [6.07, 6.45) is 1.83. The molecule has 0 radical (unpaired) electrons. The second-order valence-corrected chi connectivity index (χ2v) is 4.93. The third kappa shape index (κ3) is 1.93. The molecule has 2 heterocycles. The number of aromatic nitrogens is 2. The van der Waals surface area contributed by atoms with Gasteiger partial charge in [-0.05, 0) is 35.0 Å². The van der Waals surface area contributed by atoms with Crippen LogP contribution >= 0.6 is 27.3 Å². The number of nitrogens with zero attached hydrogens (tertiary/aromatic N) is 2. The number of hydrogen-bond acceptors (Lipinski definition) is 4. The van der Waals surface area contributed by atoms with Crippen LogP contribution in [0.15, 0.2) is 22.9 Å². The Labute approximate surface area is 94.1 Å². The number of rotatable bonds is 1. The summed E-state index contributed by atoms with van der Waals surface area (Å²) in [7, 11) is 0. The second-order valence-electron chi connectivity index (χ2n) is 2.88. The molecular formula is C9H8BrN3S. The van der Waals surface area contributed by atoms with Gasteiger partial charge >= 0.3 is 0 Å². The first-order chi connectivity index (χ1) is 6.65. The van der Waals surface area contributed by atoms with Gasteiger partial charge in [0.1, 0.15) is 15.3 Å². The van der Waals surface area contributed by atoms with Crippen molar-refractivity contribution in [2.45, 2.75) is 6.92 Å². The molecule has 2 aromatic heterocycles. The van der Waals surface area contributed by atoms with E-state index in [1.165, 1.54) is 4.88 Å². The quantitative estimate of drug-likeness (QED) is 0.810. The Balaban J connectivity index is 2.51. The van der Waals surface area contributed by atoms with Crippen molar-refractivity contribution in [2.75, 3.05) is 5.73 Å². The molecule has 2 aromatic rings. The first-order valence-corrected chi connectivity index (χ1v) is 5.62. The molecule has 0 aliphatic rings. The summed E-state index contributed by atoms with van der Waals surface area (Å²) in [4.78, 5) is 9.72. The number of pyridine rings is 1. The van der Waals surface area contributed by atoms with Crippen LogP contribution in [-0.4, -0.2) is 9.97 Å². The molecule has 0 fully saturated rings. The Kier molecular flexibility index (Phi) is 2.52. The van der Waals surface area contributed by atoms with Crippen LogP contribution in [0.4, 0.5) is 5.69 Å². The number of halogens is 1. The number of anilines is 1. The third-order valence-corrected chi connectivity index (χ3v) is 3.00. The third-order valence-electron chi connectivity index (χ3n) is 1.66. The van der Waals surface area contributed by atoms with E-state index in [-0.39, 0.29) is 0 Å². The van der Waals surface area contributed by atoms with Gasteiger partial charge in [-0.2, -0.15) is 0 Å². The molecule has 0 unspecified atom stereocenters. The van der Waals surface area contributed by atoms with Crippen LogP contribution in [0.2, 0.25) is 0 Å². The maximum Gasteiger partial charge on any atom is 0.142 e. The standard InChI is InChI=1S/C9H8BrN3S/c1-5-4-12-9(14-5)7-2-6(11)3-8(10)13-7/h2-4H,1H3,(H2,11,13). The molecule has 3 nitrogen and oxygen atoms in total. The molecule has 0 amide bonds. The van der Waals surface area contributed by atoms with Crippen molar-refractivity contribution in [3.05, 3.63) is 27.8 Å². The van der Waals surface area contributed by atoms with Crippen molar-refractivity contribution in [3.8, 4) is 10.7 Å². The molecule has 0 atom stereocenters. The van der Waals surface area contributed by atoms with Gasteiger partial charge in [0, 0.05) is 16.8 Å². The van der Waals surface area contributed by atoms with Crippen LogP contribution in [0, 0.1) is 6.92 Å². The lowest BCUT2D eigenvalue weighted by molar-refractivity contribution is 1.25. The van der Waals surface area contributed by atoms with E-state index in [0.29, 0.717) is 5.69 Å². The van der Waals surface area contributed by atoms with Crippen LogP contribution in [0.1, 0.15) is 4.88 Å². The van der Waals surface area contributed by atoms with Crippen molar-refractivity contribution >= 4 is 33.0 Å². The van der Waals surface area contributed by atoms with Crippen LogP contribution in [-0.2, 0) is 0 Å². The fraction of sp³-hybridized carbons (Fsp3) is 0.111. The highest BCUT2D eigenvalue weighted by molar-refractivity contribution is 9.10. The molecule has 2 rings (SSSR count). The van der Waals surface area contributed by atoms with Crippen molar-refractivity contribution in [1.82, 2.24) is 9.97 Å². The summed E-state index contributed by atoms with van der Waals surface area (Å²) in [6, 6.07) is 3.59. The summed E-state index contributed by atoms with van der Waals surface area (Å²) in [5.41, 5.74) is 7.21. The van der Waals surface area contributed by atoms with Gasteiger partial charge in [-0.3, -0.25) is 0 Å². The molecule has 0 saturated carbocycles. The minimum Gasteiger partial charge on any atom is -0.399 e. The van der Waals surface area contributed by atoms with Gasteiger partial charge in [0.05, 0.1) is 0 Å². The summed E-state index contributed by atoms with van der Waals surface area (Å²) in [5, 5.41) is 0.899. The van der Waals surface area contributed by atoms with Crippen LogP contribution in [0.25, 0.3) is 10.7 Å². The van der Waals surface area contributed by atoms with E-state index < -0.39 is 0 Å². The molecular weight excluding hydrogens is 262 g/mol. The lowest BCUT2D eigenvalue weighted by Gasteiger charge is -1.98. The molecule has 5 heteroatoms. The number of nitrogens with two attached hydrogens (primary N) is 1. The minimum absolute atomic E-state index is 0.690. The van der Waals surface area contributed by atoms with E-state index in [1.807, 2.05) is 19.2 Å². The SMILES string of the molecule is Cc1cnc(-c2cc(N)cc(Br)n2)s1. The van der Waals surface area contributed by atoms with Gasteiger partial charge in [0.25, 0.3) is 0 Å². The Bertz CT molecular complexity index is 447. The van der Waals surface area contributed by atoms with Gasteiger partial charge in [0.15, 0.2) is 0 Å². The number of hydrogen-bond donors (Lipinski definition) is 1. The maximum absolute atomic E-state index is 5.71. The number of aryl methyl sites for hydroxylation is 1. The van der Waals surface area contributed by atoms with E-state index in [2.05, 4.69) is 25.9 Å². The van der Waals surface area contributed by atoms with Crippen LogP contribution in [0.5, 0.6) is 0 Å². The number of nitrogen functional groups attached to an aromatic ring is 1. The summed E-state index contributed by atoms with van der Waals surface area (Å²) >= 11 is 4.91. The molecule has 0 aromatic carbocycles. The molecule has 0 spiro atoms. The van der Waals surface area contributed by atoms with Crippen molar-refractivity contribution in [3.63, 3.8) is 0 Å². The first-order valence-electron chi connectivity index (χ1n) is 4.01. The highest BCUT2D eigenvalue weighted by Gasteiger charge is 2.05. The predicted molar refractivity (Wildman–Crippen MR) is 62.2 cm³/mol. The average Bonchev–Trinajstić information content (AvgIpc) is 2.50. The summed E-state index contributed by atoms with van der Waals surface area (Å²) in [5.74, 6) is 0. The second kappa shape index (κ2) is 3.67. The highest BCUT2D eigenvalue weighted by atomic mass is 79.9. The zero-order valence-electron chi connectivity index (χ0n) is 7.49. The Hall–Kier alpha value is -0.940.